The van der Waals surface area contributed by atoms with Gasteiger partial charge in [-0.3, -0.25) is 0 Å². The molecule has 2 rings (SSSR count). The molecule has 2 aromatic rings. The highest BCUT2D eigenvalue weighted by atomic mass is 35.5. The van der Waals surface area contributed by atoms with E-state index in [0.29, 0.717) is 17.3 Å². The van der Waals surface area contributed by atoms with E-state index in [1.807, 2.05) is 43.3 Å². The van der Waals surface area contributed by atoms with E-state index in [-0.39, 0.29) is 6.61 Å². The van der Waals surface area contributed by atoms with Crippen LogP contribution in [-0.2, 0) is 0 Å². The zero-order valence-corrected chi connectivity index (χ0v) is 12.1. The summed E-state index contributed by atoms with van der Waals surface area (Å²) < 4.78 is 5.49. The van der Waals surface area contributed by atoms with E-state index in [1.165, 1.54) is 5.56 Å². The molecule has 0 aliphatic carbocycles. The predicted octanol–water partition coefficient (Wildman–Crippen LogP) is 3.50. The zero-order chi connectivity index (χ0) is 14.4. The van der Waals surface area contributed by atoms with Crippen molar-refractivity contribution in [3.05, 3.63) is 59.1 Å². The fraction of sp³-hybridized carbons (Fsp3) is 0.250. The van der Waals surface area contributed by atoms with Crippen molar-refractivity contribution < 1.29 is 9.84 Å². The van der Waals surface area contributed by atoms with Gasteiger partial charge >= 0.3 is 0 Å². The molecule has 0 fully saturated rings. The van der Waals surface area contributed by atoms with Crippen LogP contribution in [0.1, 0.15) is 5.56 Å². The maximum atomic E-state index is 9.90. The number of ether oxygens (including phenoxy) is 1. The van der Waals surface area contributed by atoms with Crippen LogP contribution in [0.5, 0.6) is 5.75 Å². The molecule has 0 aliphatic rings. The summed E-state index contributed by atoms with van der Waals surface area (Å²) in [6.07, 6.45) is -0.605. The lowest BCUT2D eigenvalue weighted by Gasteiger charge is -2.15. The summed E-state index contributed by atoms with van der Waals surface area (Å²) in [6.45, 7) is 2.65. The lowest BCUT2D eigenvalue weighted by molar-refractivity contribution is 0.117. The van der Waals surface area contributed by atoms with E-state index in [0.717, 1.165) is 5.69 Å². The molecule has 0 saturated carbocycles. The maximum absolute atomic E-state index is 9.90. The van der Waals surface area contributed by atoms with E-state index in [4.69, 9.17) is 16.3 Å². The van der Waals surface area contributed by atoms with Gasteiger partial charge < -0.3 is 15.2 Å². The molecule has 1 atom stereocenters. The first-order valence-electron chi connectivity index (χ1n) is 6.51. The summed E-state index contributed by atoms with van der Waals surface area (Å²) in [5.41, 5.74) is 2.17. The van der Waals surface area contributed by atoms with Crippen LogP contribution in [0.3, 0.4) is 0 Å². The van der Waals surface area contributed by atoms with Gasteiger partial charge in [0.25, 0.3) is 0 Å². The highest BCUT2D eigenvalue weighted by molar-refractivity contribution is 6.32. The van der Waals surface area contributed by atoms with Gasteiger partial charge in [0.15, 0.2) is 0 Å². The standard InChI is InChI=1S/C16H18ClNO2/c1-12-5-4-6-13(9-12)18-10-14(19)11-20-16-8-3-2-7-15(16)17/h2-9,14,18-19H,10-11H2,1H3. The van der Waals surface area contributed by atoms with Crippen molar-refractivity contribution in [1.29, 1.82) is 0 Å². The third kappa shape index (κ3) is 4.44. The maximum Gasteiger partial charge on any atom is 0.138 e. The Balaban J connectivity index is 1.78. The minimum atomic E-state index is -0.605. The Bertz CT molecular complexity index is 560. The number of anilines is 1. The number of benzene rings is 2. The van der Waals surface area contributed by atoms with Gasteiger partial charge in [-0.05, 0) is 36.8 Å². The van der Waals surface area contributed by atoms with Crippen LogP contribution in [0.25, 0.3) is 0 Å². The average Bonchev–Trinajstić information content (AvgIpc) is 2.44. The Morgan fingerprint density at radius 2 is 2.00 bits per heavy atom. The number of nitrogens with one attached hydrogen (secondary N) is 1. The molecule has 106 valence electrons. The smallest absolute Gasteiger partial charge is 0.138 e. The van der Waals surface area contributed by atoms with Crippen molar-refractivity contribution in [3.63, 3.8) is 0 Å². The number of hydrogen-bond donors (Lipinski definition) is 2. The normalized spacial score (nSPS) is 11.9. The molecule has 0 bridgehead atoms. The number of aliphatic hydroxyl groups is 1. The van der Waals surface area contributed by atoms with Crippen molar-refractivity contribution in [2.24, 2.45) is 0 Å². The fourth-order valence-corrected chi connectivity index (χ4v) is 1.99. The summed E-state index contributed by atoms with van der Waals surface area (Å²) >= 11 is 5.98. The van der Waals surface area contributed by atoms with Crippen molar-refractivity contribution in [2.45, 2.75) is 13.0 Å². The molecule has 0 aliphatic heterocycles. The molecular formula is C16H18ClNO2. The molecule has 0 saturated heterocycles. The molecule has 0 amide bonds. The lowest BCUT2D eigenvalue weighted by atomic mass is 10.2. The van der Waals surface area contributed by atoms with Gasteiger partial charge in [-0.15, -0.1) is 0 Å². The Labute approximate surface area is 124 Å². The molecule has 0 aromatic heterocycles. The molecular weight excluding hydrogens is 274 g/mol. The lowest BCUT2D eigenvalue weighted by Crippen LogP contribution is -2.26. The number of halogens is 1. The zero-order valence-electron chi connectivity index (χ0n) is 11.3. The van der Waals surface area contributed by atoms with Crippen molar-refractivity contribution in [1.82, 2.24) is 0 Å². The summed E-state index contributed by atoms with van der Waals surface area (Å²) in [6, 6.07) is 15.2. The quantitative estimate of drug-likeness (QED) is 0.856. The van der Waals surface area contributed by atoms with Crippen LogP contribution in [0.15, 0.2) is 48.5 Å². The number of aliphatic hydroxyl groups excluding tert-OH is 1. The van der Waals surface area contributed by atoms with E-state index >= 15 is 0 Å². The van der Waals surface area contributed by atoms with Gasteiger partial charge in [0.1, 0.15) is 18.5 Å². The Hall–Kier alpha value is -1.71. The number of aryl methyl sites for hydroxylation is 1. The first kappa shape index (κ1) is 14.7. The Kier molecular flexibility index (Phi) is 5.27. The number of rotatable bonds is 6. The van der Waals surface area contributed by atoms with Gasteiger partial charge in [-0.1, -0.05) is 35.9 Å². The van der Waals surface area contributed by atoms with Crippen molar-refractivity contribution in [3.8, 4) is 5.75 Å². The third-order valence-electron chi connectivity index (χ3n) is 2.83. The van der Waals surface area contributed by atoms with Crippen LogP contribution in [0.4, 0.5) is 5.69 Å². The second-order valence-electron chi connectivity index (χ2n) is 4.65. The minimum Gasteiger partial charge on any atom is -0.489 e. The SMILES string of the molecule is Cc1cccc(NCC(O)COc2ccccc2Cl)c1. The van der Waals surface area contributed by atoms with Crippen LogP contribution in [-0.4, -0.2) is 24.4 Å². The van der Waals surface area contributed by atoms with Gasteiger partial charge in [-0.2, -0.15) is 0 Å². The van der Waals surface area contributed by atoms with Crippen LogP contribution in [0, 0.1) is 6.92 Å². The van der Waals surface area contributed by atoms with Crippen molar-refractivity contribution >= 4 is 17.3 Å². The molecule has 0 radical (unpaired) electrons. The van der Waals surface area contributed by atoms with Crippen LogP contribution in [0.2, 0.25) is 5.02 Å². The second kappa shape index (κ2) is 7.17. The van der Waals surface area contributed by atoms with Gasteiger partial charge in [0, 0.05) is 12.2 Å². The molecule has 3 nitrogen and oxygen atoms in total. The first-order valence-corrected chi connectivity index (χ1v) is 6.89. The molecule has 0 spiro atoms. The van der Waals surface area contributed by atoms with Gasteiger partial charge in [0.05, 0.1) is 5.02 Å². The molecule has 4 heteroatoms. The van der Waals surface area contributed by atoms with Crippen LogP contribution < -0.4 is 10.1 Å². The van der Waals surface area contributed by atoms with Gasteiger partial charge in [0.2, 0.25) is 0 Å². The second-order valence-corrected chi connectivity index (χ2v) is 5.05. The first-order chi connectivity index (χ1) is 9.65. The number of hydrogen-bond acceptors (Lipinski definition) is 3. The fourth-order valence-electron chi connectivity index (χ4n) is 1.80. The molecule has 1 unspecified atom stereocenters. The Morgan fingerprint density at radius 1 is 1.20 bits per heavy atom. The number of para-hydroxylation sites is 1. The van der Waals surface area contributed by atoms with Gasteiger partial charge in [-0.25, -0.2) is 0 Å². The summed E-state index contributed by atoms with van der Waals surface area (Å²) in [4.78, 5) is 0. The molecule has 2 aromatic carbocycles. The molecule has 20 heavy (non-hydrogen) atoms. The topological polar surface area (TPSA) is 41.5 Å². The molecule has 2 N–H and O–H groups in total. The van der Waals surface area contributed by atoms with E-state index in [1.54, 1.807) is 12.1 Å². The highest BCUT2D eigenvalue weighted by Gasteiger charge is 2.07. The molecule has 0 heterocycles. The van der Waals surface area contributed by atoms with Crippen molar-refractivity contribution in [2.75, 3.05) is 18.5 Å². The summed E-state index contributed by atoms with van der Waals surface area (Å²) in [5.74, 6) is 0.587. The summed E-state index contributed by atoms with van der Waals surface area (Å²) in [7, 11) is 0. The highest BCUT2D eigenvalue weighted by Crippen LogP contribution is 2.23. The van der Waals surface area contributed by atoms with E-state index < -0.39 is 6.10 Å². The Morgan fingerprint density at radius 3 is 2.75 bits per heavy atom. The minimum absolute atomic E-state index is 0.197. The third-order valence-corrected chi connectivity index (χ3v) is 3.14. The summed E-state index contributed by atoms with van der Waals surface area (Å²) in [5, 5.41) is 13.6. The largest absolute Gasteiger partial charge is 0.489 e. The average molecular weight is 292 g/mol. The van der Waals surface area contributed by atoms with E-state index in [9.17, 15) is 5.11 Å². The van der Waals surface area contributed by atoms with Crippen LogP contribution >= 0.6 is 11.6 Å². The monoisotopic (exact) mass is 291 g/mol. The predicted molar refractivity (Wildman–Crippen MR) is 82.6 cm³/mol. The van der Waals surface area contributed by atoms with E-state index in [2.05, 4.69) is 5.32 Å².